The maximum Gasteiger partial charge on any atom is 0.239 e. The van der Waals surface area contributed by atoms with E-state index in [1.54, 1.807) is 12.1 Å². The lowest BCUT2D eigenvalue weighted by Crippen LogP contribution is -2.70. The Balaban J connectivity index is 1.72. The van der Waals surface area contributed by atoms with Crippen LogP contribution in [-0.4, -0.2) is 75.6 Å². The molecule has 2 fully saturated rings. The summed E-state index contributed by atoms with van der Waals surface area (Å²) >= 11 is 0. The van der Waals surface area contributed by atoms with Crippen molar-refractivity contribution in [2.24, 2.45) is 28.8 Å². The van der Waals surface area contributed by atoms with E-state index in [-0.39, 0.29) is 55.1 Å². The molecule has 1 amide bonds. The van der Waals surface area contributed by atoms with Gasteiger partial charge in [-0.25, -0.2) is 0 Å². The standard InChI is InChI=1S/C42H64N2O7/c1-6-22-44(38(48)21-18-29-14-8-9-15-29)37-28-35(43-51-41(3,4)5)33-26-30(16-10-12-23-45)32(17-11-13-24-46)39-34-27-31(47)19-20-36(34)50-42(37,40(33)39)49-25-7-2/h7,19-20,26-27,29-30,32,37,39-40,45-47H,2,6,8-18,21-25,28H2,1,3-5H3. The minimum Gasteiger partial charge on any atom is -0.508 e. The zero-order valence-corrected chi connectivity index (χ0v) is 31.7. The maximum atomic E-state index is 14.5. The van der Waals surface area contributed by atoms with Crippen LogP contribution in [0.5, 0.6) is 11.5 Å². The van der Waals surface area contributed by atoms with Crippen molar-refractivity contribution < 1.29 is 34.4 Å². The van der Waals surface area contributed by atoms with Crippen LogP contribution in [0.15, 0.2) is 47.7 Å². The van der Waals surface area contributed by atoms with Crippen LogP contribution >= 0.6 is 0 Å². The second-order valence-corrected chi connectivity index (χ2v) is 16.3. The average Bonchev–Trinajstić information content (AvgIpc) is 3.63. The monoisotopic (exact) mass is 708 g/mol. The third-order valence-corrected chi connectivity index (χ3v) is 11.5. The van der Waals surface area contributed by atoms with Gasteiger partial charge in [0.1, 0.15) is 23.1 Å². The molecule has 0 saturated heterocycles. The van der Waals surface area contributed by atoms with E-state index < -0.39 is 17.4 Å². The average molecular weight is 709 g/mol. The van der Waals surface area contributed by atoms with E-state index in [2.05, 4.69) is 19.6 Å². The number of amides is 1. The van der Waals surface area contributed by atoms with Gasteiger partial charge in [-0.3, -0.25) is 4.79 Å². The number of fused-ring (bicyclic) bond motifs is 2. The number of oxime groups is 1. The molecule has 1 aromatic rings. The van der Waals surface area contributed by atoms with Crippen LogP contribution in [0.4, 0.5) is 0 Å². The number of allylic oxidation sites excluding steroid dienone is 1. The first kappa shape index (κ1) is 39.3. The van der Waals surface area contributed by atoms with Crippen molar-refractivity contribution in [2.75, 3.05) is 26.4 Å². The van der Waals surface area contributed by atoms with Crippen molar-refractivity contribution in [2.45, 2.75) is 141 Å². The Morgan fingerprint density at radius 1 is 1.10 bits per heavy atom. The Morgan fingerprint density at radius 2 is 1.82 bits per heavy atom. The maximum absolute atomic E-state index is 14.5. The number of hydrogen-bond acceptors (Lipinski definition) is 8. The molecule has 3 N–H and O–H groups in total. The number of aliphatic hydroxyl groups excluding tert-OH is 2. The second-order valence-electron chi connectivity index (χ2n) is 16.3. The summed E-state index contributed by atoms with van der Waals surface area (Å²) in [4.78, 5) is 22.7. The van der Waals surface area contributed by atoms with Crippen molar-refractivity contribution in [1.29, 1.82) is 0 Å². The summed E-state index contributed by atoms with van der Waals surface area (Å²) in [6, 6.07) is 4.86. The molecule has 9 nitrogen and oxygen atoms in total. The number of aliphatic hydroxyl groups is 2. The van der Waals surface area contributed by atoms with Gasteiger partial charge in [0.25, 0.3) is 0 Å². The Kier molecular flexibility index (Phi) is 13.7. The Hall–Kier alpha value is -2.88. The number of phenolic OH excluding ortho intramolecular Hbond substituents is 1. The number of benzene rings is 1. The molecule has 0 bridgehead atoms. The van der Waals surface area contributed by atoms with E-state index in [0.717, 1.165) is 61.8 Å². The predicted molar refractivity (Wildman–Crippen MR) is 201 cm³/mol. The van der Waals surface area contributed by atoms with E-state index in [9.17, 15) is 20.1 Å². The molecular weight excluding hydrogens is 644 g/mol. The summed E-state index contributed by atoms with van der Waals surface area (Å²) in [7, 11) is 0. The second kappa shape index (κ2) is 17.8. The van der Waals surface area contributed by atoms with Crippen molar-refractivity contribution >= 4 is 11.6 Å². The lowest BCUT2D eigenvalue weighted by Gasteiger charge is -2.60. The summed E-state index contributed by atoms with van der Waals surface area (Å²) < 4.78 is 14.2. The molecule has 3 aliphatic carbocycles. The molecule has 6 unspecified atom stereocenters. The fraction of sp³-hybridized carbons (Fsp3) is 0.714. The van der Waals surface area contributed by atoms with Crippen LogP contribution in [0.2, 0.25) is 0 Å². The van der Waals surface area contributed by atoms with Crippen LogP contribution in [-0.2, 0) is 14.4 Å². The number of carbonyl (C=O) groups excluding carboxylic acids is 1. The van der Waals surface area contributed by atoms with Crippen LogP contribution in [0.25, 0.3) is 0 Å². The Morgan fingerprint density at radius 3 is 2.49 bits per heavy atom. The fourth-order valence-corrected chi connectivity index (χ4v) is 9.32. The summed E-state index contributed by atoms with van der Waals surface area (Å²) in [5.74, 6) is 0.0714. The molecule has 4 aliphatic rings. The summed E-state index contributed by atoms with van der Waals surface area (Å²) in [6.45, 7) is 13.1. The van der Waals surface area contributed by atoms with Gasteiger partial charge in [-0.1, -0.05) is 62.8 Å². The molecule has 0 aromatic heterocycles. The van der Waals surface area contributed by atoms with E-state index in [0.29, 0.717) is 37.5 Å². The van der Waals surface area contributed by atoms with Crippen LogP contribution < -0.4 is 4.74 Å². The third-order valence-electron chi connectivity index (χ3n) is 11.5. The summed E-state index contributed by atoms with van der Waals surface area (Å²) in [5.41, 5.74) is 2.22. The largest absolute Gasteiger partial charge is 0.508 e. The lowest BCUT2D eigenvalue weighted by molar-refractivity contribution is -0.257. The number of hydrogen-bond donors (Lipinski definition) is 3. The summed E-state index contributed by atoms with van der Waals surface area (Å²) in [6.07, 6.45) is 16.4. The number of unbranched alkanes of at least 4 members (excludes halogenated alkanes) is 2. The normalized spacial score (nSPS) is 28.1. The lowest BCUT2D eigenvalue weighted by atomic mass is 9.55. The highest BCUT2D eigenvalue weighted by Gasteiger charge is 2.65. The minimum absolute atomic E-state index is 0.118. The van der Waals surface area contributed by atoms with Gasteiger partial charge in [0.05, 0.1) is 18.2 Å². The van der Waals surface area contributed by atoms with Gasteiger partial charge in [0, 0.05) is 44.1 Å². The first-order valence-electron chi connectivity index (χ1n) is 19.8. The number of carbonyl (C=O) groups is 1. The minimum atomic E-state index is -1.25. The van der Waals surface area contributed by atoms with Gasteiger partial charge in [-0.15, -0.1) is 6.58 Å². The summed E-state index contributed by atoms with van der Waals surface area (Å²) in [5, 5.41) is 35.3. The molecule has 284 valence electrons. The Bertz CT molecular complexity index is 1380. The molecule has 1 aromatic carbocycles. The molecule has 5 rings (SSSR count). The Labute approximate surface area is 306 Å². The molecule has 2 saturated carbocycles. The molecule has 1 heterocycles. The van der Waals surface area contributed by atoms with Gasteiger partial charge in [0.2, 0.25) is 11.7 Å². The zero-order valence-electron chi connectivity index (χ0n) is 31.7. The first-order chi connectivity index (χ1) is 24.6. The van der Waals surface area contributed by atoms with Gasteiger partial charge < -0.3 is 34.5 Å². The third kappa shape index (κ3) is 9.02. The number of ether oxygens (including phenoxy) is 2. The number of rotatable bonds is 18. The predicted octanol–water partition coefficient (Wildman–Crippen LogP) is 8.03. The van der Waals surface area contributed by atoms with Crippen LogP contribution in [0.1, 0.15) is 129 Å². The number of nitrogens with zero attached hydrogens (tertiary/aromatic N) is 2. The highest BCUT2D eigenvalue weighted by molar-refractivity contribution is 6.03. The van der Waals surface area contributed by atoms with Gasteiger partial charge in [0.15, 0.2) is 0 Å². The van der Waals surface area contributed by atoms with Crippen molar-refractivity contribution in [3.63, 3.8) is 0 Å². The van der Waals surface area contributed by atoms with E-state index in [1.807, 2.05) is 37.8 Å². The van der Waals surface area contributed by atoms with Crippen LogP contribution in [0, 0.1) is 23.7 Å². The molecule has 1 aliphatic heterocycles. The quantitative estimate of drug-likeness (QED) is 0.0802. The topological polar surface area (TPSA) is 121 Å². The van der Waals surface area contributed by atoms with Gasteiger partial charge >= 0.3 is 0 Å². The van der Waals surface area contributed by atoms with E-state index in [1.165, 1.54) is 25.7 Å². The molecule has 51 heavy (non-hydrogen) atoms. The van der Waals surface area contributed by atoms with E-state index in [4.69, 9.17) is 19.5 Å². The smallest absolute Gasteiger partial charge is 0.239 e. The number of phenols is 1. The molecule has 9 heteroatoms. The van der Waals surface area contributed by atoms with Gasteiger partial charge in [-0.2, -0.15) is 0 Å². The highest BCUT2D eigenvalue weighted by Crippen LogP contribution is 2.62. The molecule has 0 radical (unpaired) electrons. The zero-order chi connectivity index (χ0) is 36.6. The first-order valence-corrected chi connectivity index (χ1v) is 19.8. The SMILES string of the molecule is C=CCOC12Oc3ccc(O)cc3C3C(CCCCO)C(CCCCO)C=C(C(=NOC(C)(C)C)CC1N(CCC)C(=O)CCC1CCCC1)C32. The van der Waals surface area contributed by atoms with Gasteiger partial charge in [-0.05, 0) is 101 Å². The number of aromatic hydroxyl groups is 1. The van der Waals surface area contributed by atoms with E-state index >= 15 is 0 Å². The van der Waals surface area contributed by atoms with Crippen molar-refractivity contribution in [1.82, 2.24) is 4.90 Å². The molecule has 6 atom stereocenters. The molecular formula is C42H64N2O7. The fourth-order valence-electron chi connectivity index (χ4n) is 9.32. The van der Waals surface area contributed by atoms with Crippen LogP contribution in [0.3, 0.4) is 0 Å². The molecule has 0 spiro atoms. The highest BCUT2D eigenvalue weighted by atomic mass is 16.7. The van der Waals surface area contributed by atoms with Crippen molar-refractivity contribution in [3.8, 4) is 11.5 Å². The van der Waals surface area contributed by atoms with Crippen molar-refractivity contribution in [3.05, 3.63) is 48.1 Å².